The summed E-state index contributed by atoms with van der Waals surface area (Å²) in [6.45, 7) is 5.25. The molecule has 7 nitrogen and oxygen atoms in total. The second-order valence-corrected chi connectivity index (χ2v) is 9.40. The van der Waals surface area contributed by atoms with E-state index in [2.05, 4.69) is 5.32 Å². The molecule has 4 rings (SSSR count). The number of benzene rings is 1. The quantitative estimate of drug-likeness (QED) is 0.499. The fourth-order valence-electron chi connectivity index (χ4n) is 4.67. The molecule has 0 radical (unpaired) electrons. The first kappa shape index (κ1) is 22.6. The first-order valence-electron chi connectivity index (χ1n) is 11.2. The number of ether oxygens (including phenoxy) is 2. The van der Waals surface area contributed by atoms with Crippen molar-refractivity contribution in [2.45, 2.75) is 45.6 Å². The molecule has 1 fully saturated rings. The van der Waals surface area contributed by atoms with Crippen molar-refractivity contribution in [3.8, 4) is 11.5 Å². The summed E-state index contributed by atoms with van der Waals surface area (Å²) >= 11 is 6.30. The van der Waals surface area contributed by atoms with Crippen molar-refractivity contribution < 1.29 is 23.9 Å². The number of fused-ring (bicyclic) bond motifs is 2. The normalized spacial score (nSPS) is 22.8. The van der Waals surface area contributed by atoms with Crippen LogP contribution in [0.15, 0.2) is 24.3 Å². The van der Waals surface area contributed by atoms with E-state index in [1.807, 2.05) is 32.1 Å². The van der Waals surface area contributed by atoms with E-state index in [4.69, 9.17) is 21.1 Å². The second kappa shape index (κ2) is 9.53. The van der Waals surface area contributed by atoms with Crippen LogP contribution in [0.1, 0.15) is 38.7 Å². The van der Waals surface area contributed by atoms with Crippen LogP contribution in [0.25, 0.3) is 0 Å². The van der Waals surface area contributed by atoms with Gasteiger partial charge in [0.05, 0.1) is 16.9 Å². The van der Waals surface area contributed by atoms with Gasteiger partial charge in [-0.1, -0.05) is 37.6 Å². The summed E-state index contributed by atoms with van der Waals surface area (Å²) in [5.74, 6) is -0.103. The van der Waals surface area contributed by atoms with Crippen LogP contribution >= 0.6 is 11.6 Å². The lowest BCUT2D eigenvalue weighted by molar-refractivity contribution is -0.148. The highest BCUT2D eigenvalue weighted by atomic mass is 35.5. The van der Waals surface area contributed by atoms with Crippen LogP contribution in [-0.2, 0) is 20.8 Å². The lowest BCUT2D eigenvalue weighted by Gasteiger charge is -2.27. The zero-order chi connectivity index (χ0) is 22.8. The molecule has 0 spiro atoms. The number of carbonyl (C=O) groups excluding carboxylic acids is 3. The van der Waals surface area contributed by atoms with Crippen LogP contribution < -0.4 is 14.8 Å². The average molecular weight is 461 g/mol. The monoisotopic (exact) mass is 460 g/mol. The predicted molar refractivity (Wildman–Crippen MR) is 120 cm³/mol. The van der Waals surface area contributed by atoms with Crippen LogP contribution in [0.2, 0.25) is 5.02 Å². The molecule has 3 atom stereocenters. The molecule has 8 heteroatoms. The molecular weight excluding hydrogens is 432 g/mol. The van der Waals surface area contributed by atoms with Gasteiger partial charge < -0.3 is 14.8 Å². The second-order valence-electron chi connectivity index (χ2n) is 8.99. The molecule has 1 aromatic rings. The largest absolute Gasteiger partial charge is 0.486 e. The Hall–Kier alpha value is -2.54. The van der Waals surface area contributed by atoms with Gasteiger partial charge in [-0.15, -0.1) is 0 Å². The molecule has 0 saturated carbocycles. The molecule has 3 unspecified atom stereocenters. The van der Waals surface area contributed by atoms with E-state index in [-0.39, 0.29) is 35.5 Å². The molecule has 1 aliphatic carbocycles. The minimum atomic E-state index is -0.788. The van der Waals surface area contributed by atoms with Gasteiger partial charge in [-0.2, -0.15) is 0 Å². The van der Waals surface area contributed by atoms with Crippen molar-refractivity contribution in [2.75, 3.05) is 19.8 Å². The average Bonchev–Trinajstić information content (AvgIpc) is 3.02. The zero-order valence-electron chi connectivity index (χ0n) is 18.4. The van der Waals surface area contributed by atoms with Gasteiger partial charge in [-0.3, -0.25) is 19.3 Å². The maximum absolute atomic E-state index is 13.1. The molecule has 2 heterocycles. The van der Waals surface area contributed by atoms with Gasteiger partial charge in [-0.25, -0.2) is 0 Å². The number of nitrogens with one attached hydrogen (secondary N) is 1. The lowest BCUT2D eigenvalue weighted by atomic mass is 9.85. The maximum Gasteiger partial charge on any atom is 0.243 e. The molecule has 2 aliphatic heterocycles. The fourth-order valence-corrected chi connectivity index (χ4v) is 4.95. The summed E-state index contributed by atoms with van der Waals surface area (Å²) in [6.07, 6.45) is 6.00. The van der Waals surface area contributed by atoms with Gasteiger partial charge >= 0.3 is 0 Å². The minimum Gasteiger partial charge on any atom is -0.486 e. The summed E-state index contributed by atoms with van der Waals surface area (Å²) in [5.41, 5.74) is 0.908. The number of hydrogen-bond donors (Lipinski definition) is 1. The van der Waals surface area contributed by atoms with Gasteiger partial charge in [0.25, 0.3) is 0 Å². The van der Waals surface area contributed by atoms with Crippen LogP contribution in [-0.4, -0.2) is 48.4 Å². The van der Waals surface area contributed by atoms with Crippen LogP contribution in [0.3, 0.4) is 0 Å². The fraction of sp³-hybridized carbons (Fsp3) is 0.542. The molecule has 3 aliphatic rings. The predicted octanol–water partition coefficient (Wildman–Crippen LogP) is 3.14. The Morgan fingerprint density at radius 2 is 1.78 bits per heavy atom. The van der Waals surface area contributed by atoms with Gasteiger partial charge in [0.1, 0.15) is 19.3 Å². The summed E-state index contributed by atoms with van der Waals surface area (Å²) in [4.78, 5) is 40.3. The number of nitrogens with zero attached hydrogens (tertiary/aromatic N) is 1. The Bertz CT molecular complexity index is 919. The number of halogens is 1. The minimum absolute atomic E-state index is 0.156. The van der Waals surface area contributed by atoms with Crippen molar-refractivity contribution in [3.05, 3.63) is 34.9 Å². The third-order valence-electron chi connectivity index (χ3n) is 6.22. The van der Waals surface area contributed by atoms with Crippen molar-refractivity contribution in [3.63, 3.8) is 0 Å². The highest BCUT2D eigenvalue weighted by molar-refractivity contribution is 6.32. The summed E-state index contributed by atoms with van der Waals surface area (Å²) in [7, 11) is 0. The van der Waals surface area contributed by atoms with E-state index in [9.17, 15) is 14.4 Å². The number of amides is 3. The molecule has 0 bridgehead atoms. The van der Waals surface area contributed by atoms with Crippen LogP contribution in [0.4, 0.5) is 0 Å². The van der Waals surface area contributed by atoms with E-state index in [1.54, 1.807) is 6.07 Å². The topological polar surface area (TPSA) is 84.9 Å². The summed E-state index contributed by atoms with van der Waals surface area (Å²) in [5, 5.41) is 3.40. The van der Waals surface area contributed by atoms with Gasteiger partial charge in [0.15, 0.2) is 11.5 Å². The highest BCUT2D eigenvalue weighted by Gasteiger charge is 2.51. The number of likely N-dealkylation sites (tertiary alicyclic amines) is 1. The SMILES string of the molecule is CC(C)CC(C(=O)NCCc1cc(Cl)c2c(c1)OCCO2)N1C(=O)C2CC=CCC2C1=O. The van der Waals surface area contributed by atoms with Crippen molar-refractivity contribution in [1.82, 2.24) is 10.2 Å². The third-order valence-corrected chi connectivity index (χ3v) is 6.50. The molecule has 172 valence electrons. The Kier molecular flexibility index (Phi) is 6.74. The van der Waals surface area contributed by atoms with Gasteiger partial charge in [0, 0.05) is 6.54 Å². The smallest absolute Gasteiger partial charge is 0.243 e. The third kappa shape index (κ3) is 4.49. The van der Waals surface area contributed by atoms with Crippen LogP contribution in [0.5, 0.6) is 11.5 Å². The number of imide groups is 1. The highest BCUT2D eigenvalue weighted by Crippen LogP contribution is 2.39. The Balaban J connectivity index is 1.42. The Morgan fingerprint density at radius 1 is 1.12 bits per heavy atom. The maximum atomic E-state index is 13.1. The van der Waals surface area contributed by atoms with E-state index in [0.29, 0.717) is 62.0 Å². The molecule has 32 heavy (non-hydrogen) atoms. The Labute approximate surface area is 193 Å². The van der Waals surface area contributed by atoms with E-state index in [0.717, 1.165) is 5.56 Å². The Morgan fingerprint density at radius 3 is 2.44 bits per heavy atom. The first-order valence-corrected chi connectivity index (χ1v) is 11.6. The van der Waals surface area contributed by atoms with Crippen molar-refractivity contribution >= 4 is 29.3 Å². The number of allylic oxidation sites excluding steroid dienone is 2. The molecule has 1 N–H and O–H groups in total. The van der Waals surface area contributed by atoms with Crippen molar-refractivity contribution in [2.24, 2.45) is 17.8 Å². The van der Waals surface area contributed by atoms with Gasteiger partial charge in [-0.05, 0) is 49.3 Å². The number of hydrogen-bond acceptors (Lipinski definition) is 5. The first-order chi connectivity index (χ1) is 15.4. The molecule has 1 aromatic carbocycles. The van der Waals surface area contributed by atoms with E-state index in [1.165, 1.54) is 4.90 Å². The molecular formula is C24H29ClN2O5. The molecule has 3 amide bonds. The summed E-state index contributed by atoms with van der Waals surface area (Å²) in [6, 6.07) is 2.88. The van der Waals surface area contributed by atoms with Gasteiger partial charge in [0.2, 0.25) is 17.7 Å². The summed E-state index contributed by atoms with van der Waals surface area (Å²) < 4.78 is 11.1. The van der Waals surface area contributed by atoms with Crippen LogP contribution in [0, 0.1) is 17.8 Å². The number of rotatable bonds is 7. The standard InChI is InChI=1S/C24H29ClN2O5/c1-14(2)11-19(27-23(29)16-5-3-4-6-17(16)24(27)30)22(28)26-8-7-15-12-18(25)21-20(13-15)31-9-10-32-21/h3-4,12-14,16-17,19H,5-11H2,1-2H3,(H,26,28). The van der Waals surface area contributed by atoms with Crippen molar-refractivity contribution in [1.29, 1.82) is 0 Å². The lowest BCUT2D eigenvalue weighted by Crippen LogP contribution is -2.51. The van der Waals surface area contributed by atoms with E-state index < -0.39 is 6.04 Å². The number of carbonyl (C=O) groups is 3. The van der Waals surface area contributed by atoms with E-state index >= 15 is 0 Å². The zero-order valence-corrected chi connectivity index (χ0v) is 19.2. The molecule has 0 aromatic heterocycles. The molecule has 1 saturated heterocycles.